The van der Waals surface area contributed by atoms with Gasteiger partial charge in [-0.2, -0.15) is 0 Å². The van der Waals surface area contributed by atoms with E-state index in [1.807, 2.05) is 97.1 Å². The molecule has 0 aliphatic carbocycles. The molecule has 0 saturated heterocycles. The zero-order valence-electron chi connectivity index (χ0n) is 38.7. The highest BCUT2D eigenvalue weighted by Gasteiger charge is 2.24. The van der Waals surface area contributed by atoms with Crippen LogP contribution >= 0.6 is 0 Å². The fourth-order valence-electron chi connectivity index (χ4n) is 8.39. The highest BCUT2D eigenvalue weighted by molar-refractivity contribution is 6.07. The van der Waals surface area contributed by atoms with Crippen LogP contribution in [0.2, 0.25) is 0 Å². The Hall–Kier alpha value is -7.60. The van der Waals surface area contributed by atoms with Crippen molar-refractivity contribution in [3.8, 4) is 68.5 Å². The number of nitrogens with zero attached hydrogens (tertiary/aromatic N) is 6. The minimum Gasteiger partial charge on any atom is -0.494 e. The maximum absolute atomic E-state index is 6.28. The molecule has 346 valence electrons. The van der Waals surface area contributed by atoms with Gasteiger partial charge in [-0.25, -0.2) is 29.9 Å². The second-order valence-electron chi connectivity index (χ2n) is 17.0. The zero-order valence-corrected chi connectivity index (χ0v) is 38.7. The van der Waals surface area contributed by atoms with Crippen LogP contribution in [0.1, 0.15) is 77.0 Å². The summed E-state index contributed by atoms with van der Waals surface area (Å²) < 4.78 is 25.1. The fourth-order valence-corrected chi connectivity index (χ4v) is 8.39. The van der Waals surface area contributed by atoms with Crippen molar-refractivity contribution in [2.24, 2.45) is 0 Å². The van der Waals surface area contributed by atoms with E-state index in [0.29, 0.717) is 72.3 Å². The van der Waals surface area contributed by atoms with Gasteiger partial charge in [-0.3, -0.25) is 0 Å². The monoisotopic (exact) mass is 906 g/mol. The number of hydrogen-bond donors (Lipinski definition) is 2. The second-order valence-corrected chi connectivity index (χ2v) is 17.0. The summed E-state index contributed by atoms with van der Waals surface area (Å²) in [7, 11) is 0. The van der Waals surface area contributed by atoms with Gasteiger partial charge in [0.15, 0.2) is 23.3 Å². The molecule has 9 rings (SSSR count). The highest BCUT2D eigenvalue weighted by atomic mass is 16.5. The quantitative estimate of drug-likeness (QED) is 0.0444. The Morgan fingerprint density at radius 1 is 0.338 bits per heavy atom. The SMILES string of the molecule is C=CCCCCOc1ccc2c(c1)-c1nc-2nc2[nH]c(nc3nc(nc4[nH]c(n1)c1ccc(OCCCCC=C)cc41)-c1ccc(OCCCCC=C)cc1-3)c1ccc(OCCCCC=C)cc21. The Morgan fingerprint density at radius 3 is 1.00 bits per heavy atom. The number of allylic oxidation sites excluding steroid dienone is 4. The molecule has 2 aliphatic rings. The smallest absolute Gasteiger partial charge is 0.164 e. The summed E-state index contributed by atoms with van der Waals surface area (Å²) in [5, 5.41) is 3.35. The molecular weight excluding hydrogens is 849 g/mol. The third-order valence-corrected chi connectivity index (χ3v) is 12.0. The summed E-state index contributed by atoms with van der Waals surface area (Å²) in [5.74, 6) is 4.89. The van der Waals surface area contributed by atoms with E-state index in [1.165, 1.54) is 0 Å². The molecule has 5 heterocycles. The number of fused-ring (bicyclic) bond motifs is 20. The lowest BCUT2D eigenvalue weighted by molar-refractivity contribution is 0.307. The fraction of sp³-hybridized carbons (Fsp3) is 0.286. The predicted octanol–water partition coefficient (Wildman–Crippen LogP) is 13.8. The molecule has 68 heavy (non-hydrogen) atoms. The molecule has 12 heteroatoms. The molecule has 8 bridgehead atoms. The Labute approximate surface area is 397 Å². The Bertz CT molecular complexity index is 2940. The molecule has 2 N–H and O–H groups in total. The number of nitrogens with one attached hydrogen (secondary N) is 2. The topological polar surface area (TPSA) is 146 Å². The molecule has 4 aromatic carbocycles. The molecule has 12 nitrogen and oxygen atoms in total. The van der Waals surface area contributed by atoms with Crippen molar-refractivity contribution < 1.29 is 18.9 Å². The molecule has 0 spiro atoms. The average molecular weight is 907 g/mol. The van der Waals surface area contributed by atoms with Crippen LogP contribution in [0.3, 0.4) is 0 Å². The molecule has 3 aromatic heterocycles. The van der Waals surface area contributed by atoms with E-state index >= 15 is 0 Å². The molecule has 7 aromatic rings. The Kier molecular flexibility index (Phi) is 14.6. The van der Waals surface area contributed by atoms with Crippen LogP contribution < -0.4 is 18.9 Å². The lowest BCUT2D eigenvalue weighted by atomic mass is 10.1. The van der Waals surface area contributed by atoms with Gasteiger partial charge in [-0.1, -0.05) is 24.3 Å². The van der Waals surface area contributed by atoms with Crippen molar-refractivity contribution in [3.05, 3.63) is 123 Å². The molecule has 0 unspecified atom stereocenters. The van der Waals surface area contributed by atoms with E-state index in [9.17, 15) is 0 Å². The van der Waals surface area contributed by atoms with Gasteiger partial charge in [-0.15, -0.1) is 26.3 Å². The minimum absolute atomic E-state index is 0.487. The van der Waals surface area contributed by atoms with Crippen molar-refractivity contribution in [2.45, 2.75) is 77.0 Å². The average Bonchev–Trinajstić information content (AvgIpc) is 4.08. The summed E-state index contributed by atoms with van der Waals surface area (Å²) in [4.78, 5) is 38.5. The van der Waals surface area contributed by atoms with Crippen LogP contribution in [0.25, 0.3) is 89.7 Å². The molecule has 0 saturated carbocycles. The van der Waals surface area contributed by atoms with Gasteiger partial charge in [0, 0.05) is 43.8 Å². The Morgan fingerprint density at radius 2 is 0.647 bits per heavy atom. The molecule has 0 radical (unpaired) electrons. The van der Waals surface area contributed by atoms with Gasteiger partial charge < -0.3 is 28.9 Å². The van der Waals surface area contributed by atoms with E-state index in [1.54, 1.807) is 0 Å². The number of ether oxygens (including phenoxy) is 4. The first-order valence-electron chi connectivity index (χ1n) is 23.9. The number of aromatic amines is 2. The van der Waals surface area contributed by atoms with Gasteiger partial charge in [0.25, 0.3) is 0 Å². The summed E-state index contributed by atoms with van der Waals surface area (Å²) in [6.45, 7) is 17.8. The second kappa shape index (κ2) is 21.8. The molecule has 0 amide bonds. The number of rotatable bonds is 24. The highest BCUT2D eigenvalue weighted by Crippen LogP contribution is 2.40. The third kappa shape index (κ3) is 10.3. The largest absolute Gasteiger partial charge is 0.494 e. The van der Waals surface area contributed by atoms with Crippen LogP contribution in [0.15, 0.2) is 123 Å². The van der Waals surface area contributed by atoms with Crippen molar-refractivity contribution in [1.29, 1.82) is 0 Å². The van der Waals surface area contributed by atoms with Gasteiger partial charge in [0.05, 0.1) is 26.4 Å². The number of unbranched alkanes of at least 4 members (excludes halogenated alkanes) is 8. The third-order valence-electron chi connectivity index (χ3n) is 12.0. The van der Waals surface area contributed by atoms with Gasteiger partial charge in [0.2, 0.25) is 0 Å². The normalized spacial score (nSPS) is 11.5. The molecule has 0 atom stereocenters. The van der Waals surface area contributed by atoms with Gasteiger partial charge in [0.1, 0.15) is 45.6 Å². The van der Waals surface area contributed by atoms with Crippen molar-refractivity contribution in [1.82, 2.24) is 39.9 Å². The summed E-state index contributed by atoms with van der Waals surface area (Å²) in [5.41, 5.74) is 5.56. The van der Waals surface area contributed by atoms with E-state index in [4.69, 9.17) is 48.9 Å². The lowest BCUT2D eigenvalue weighted by Gasteiger charge is -2.07. The van der Waals surface area contributed by atoms with Crippen LogP contribution in [0.5, 0.6) is 23.0 Å². The predicted molar refractivity (Wildman–Crippen MR) is 274 cm³/mol. The Balaban J connectivity index is 1.25. The first-order valence-corrected chi connectivity index (χ1v) is 23.9. The first kappa shape index (κ1) is 45.6. The minimum atomic E-state index is 0.487. The summed E-state index contributed by atoms with van der Waals surface area (Å²) in [6, 6.07) is 24.0. The lowest BCUT2D eigenvalue weighted by Crippen LogP contribution is -1.97. The standard InChI is InChI=1S/C56H58N8O4/c1-5-9-13-17-29-65-37-21-25-41-45(33-37)53-57-49(41)62-54-47-35-39(67-31-19-15-11-7-3)23-27-43(47)51(59-54)64-56-48-36-40(68-32-20-16-12-8-4)24-28-44(48)52(60-56)63-55-46-34-38(66-30-18-14-10-6-2)22-26-42(46)50(58-55)61-53/h5-8,21-28,33-36H,1-4,9-20,29-32H2,(H2,57,58,59,60,61,62,63,64). The first-order chi connectivity index (χ1) is 33.5. The number of H-pyrrole nitrogens is 2. The zero-order chi connectivity index (χ0) is 46.7. The summed E-state index contributed by atoms with van der Waals surface area (Å²) in [6.07, 6.45) is 19.2. The van der Waals surface area contributed by atoms with Crippen LogP contribution in [0, 0.1) is 0 Å². The van der Waals surface area contributed by atoms with Gasteiger partial charge in [-0.05, 0) is 150 Å². The van der Waals surface area contributed by atoms with Crippen molar-refractivity contribution in [2.75, 3.05) is 26.4 Å². The van der Waals surface area contributed by atoms with E-state index in [2.05, 4.69) is 36.3 Å². The van der Waals surface area contributed by atoms with Crippen molar-refractivity contribution in [3.63, 3.8) is 0 Å². The van der Waals surface area contributed by atoms with E-state index in [0.717, 1.165) is 144 Å². The van der Waals surface area contributed by atoms with Crippen LogP contribution in [0.4, 0.5) is 0 Å². The van der Waals surface area contributed by atoms with E-state index < -0.39 is 0 Å². The number of hydrogen-bond acceptors (Lipinski definition) is 10. The molecule has 2 aliphatic heterocycles. The van der Waals surface area contributed by atoms with Crippen molar-refractivity contribution >= 4 is 44.1 Å². The van der Waals surface area contributed by atoms with Crippen LogP contribution in [-0.4, -0.2) is 66.3 Å². The van der Waals surface area contributed by atoms with Gasteiger partial charge >= 0.3 is 0 Å². The van der Waals surface area contributed by atoms with E-state index in [-0.39, 0.29) is 0 Å². The number of aromatic nitrogens is 8. The van der Waals surface area contributed by atoms with Crippen LogP contribution in [-0.2, 0) is 0 Å². The molecular formula is C56H58N8O4. The maximum atomic E-state index is 6.28. The summed E-state index contributed by atoms with van der Waals surface area (Å²) >= 11 is 0. The molecule has 0 fully saturated rings. The maximum Gasteiger partial charge on any atom is 0.164 e. The number of benzene rings is 4.